The Balaban J connectivity index is 2.45. The van der Waals surface area contributed by atoms with Crippen LogP contribution in [0.15, 0.2) is 34.8 Å². The molecule has 2 aromatic rings. The van der Waals surface area contributed by atoms with Gasteiger partial charge in [-0.3, -0.25) is 4.79 Å². The van der Waals surface area contributed by atoms with E-state index in [1.54, 1.807) is 13.0 Å². The van der Waals surface area contributed by atoms with Crippen molar-refractivity contribution in [1.29, 1.82) is 0 Å². The lowest BCUT2D eigenvalue weighted by molar-refractivity contribution is -0.104. The molecule has 0 bridgehead atoms. The second-order valence-electron chi connectivity index (χ2n) is 4.46. The summed E-state index contributed by atoms with van der Waals surface area (Å²) in [6, 6.07) is 5.78. The predicted molar refractivity (Wildman–Crippen MR) is 85.5 cm³/mol. The van der Waals surface area contributed by atoms with Gasteiger partial charge in [0.1, 0.15) is 12.0 Å². The van der Waals surface area contributed by atoms with Gasteiger partial charge < -0.3 is 9.72 Å². The maximum absolute atomic E-state index is 12.1. The van der Waals surface area contributed by atoms with E-state index in [2.05, 4.69) is 20.9 Å². The molecule has 0 saturated heterocycles. The molecule has 0 aliphatic carbocycles. The number of carbonyl (C=O) groups is 2. The average Bonchev–Trinajstić information content (AvgIpc) is 2.84. The number of aromatic amines is 1. The molecule has 1 aromatic carbocycles. The van der Waals surface area contributed by atoms with Crippen LogP contribution in [-0.4, -0.2) is 23.8 Å². The molecule has 0 aliphatic rings. The van der Waals surface area contributed by atoms with Crippen LogP contribution in [0.5, 0.6) is 0 Å². The van der Waals surface area contributed by atoms with Gasteiger partial charge in [-0.25, -0.2) is 4.79 Å². The quantitative estimate of drug-likeness (QED) is 0.490. The minimum absolute atomic E-state index is 0.333. The van der Waals surface area contributed by atoms with Crippen molar-refractivity contribution in [2.45, 2.75) is 19.8 Å². The predicted octanol–water partition coefficient (Wildman–Crippen LogP) is 3.79. The second kappa shape index (κ2) is 7.22. The molecule has 0 aliphatic heterocycles. The number of nitrogens with one attached hydrogen (secondary N) is 1. The summed E-state index contributed by atoms with van der Waals surface area (Å²) in [4.78, 5) is 25.5. The first-order valence-electron chi connectivity index (χ1n) is 6.75. The summed E-state index contributed by atoms with van der Waals surface area (Å²) in [6.45, 7) is 2.11. The van der Waals surface area contributed by atoms with Crippen LogP contribution in [0.2, 0.25) is 0 Å². The smallest absolute Gasteiger partial charge is 0.355 e. The van der Waals surface area contributed by atoms with Crippen LogP contribution in [0.1, 0.15) is 29.4 Å². The summed E-state index contributed by atoms with van der Waals surface area (Å²) in [5.74, 6) is -0.352. The molecule has 4 nitrogen and oxygen atoms in total. The van der Waals surface area contributed by atoms with E-state index in [1.807, 2.05) is 18.2 Å². The highest BCUT2D eigenvalue weighted by molar-refractivity contribution is 9.10. The second-order valence-corrected chi connectivity index (χ2v) is 5.32. The van der Waals surface area contributed by atoms with Gasteiger partial charge in [0.25, 0.3) is 0 Å². The molecule has 1 N–H and O–H groups in total. The van der Waals surface area contributed by atoms with Gasteiger partial charge in [0.05, 0.1) is 6.61 Å². The number of allylic oxidation sites excluding steroid dienone is 2. The lowest BCUT2D eigenvalue weighted by Crippen LogP contribution is -2.07. The maximum Gasteiger partial charge on any atom is 0.355 e. The van der Waals surface area contributed by atoms with Gasteiger partial charge in [0, 0.05) is 15.4 Å². The molecule has 0 spiro atoms. The zero-order valence-corrected chi connectivity index (χ0v) is 13.3. The van der Waals surface area contributed by atoms with Crippen LogP contribution in [0.25, 0.3) is 10.9 Å². The number of H-pyrrole nitrogens is 1. The van der Waals surface area contributed by atoms with E-state index >= 15 is 0 Å². The Morgan fingerprint density at radius 3 is 2.95 bits per heavy atom. The summed E-state index contributed by atoms with van der Waals surface area (Å²) < 4.78 is 6.04. The van der Waals surface area contributed by atoms with E-state index in [0.29, 0.717) is 25.1 Å². The number of aryl methyl sites for hydroxylation is 1. The van der Waals surface area contributed by atoms with Crippen LogP contribution in [0.3, 0.4) is 0 Å². The minimum Gasteiger partial charge on any atom is -0.461 e. The Labute approximate surface area is 131 Å². The third-order valence-corrected chi connectivity index (χ3v) is 3.79. The van der Waals surface area contributed by atoms with Gasteiger partial charge in [-0.2, -0.15) is 0 Å². The molecule has 1 heterocycles. The van der Waals surface area contributed by atoms with Gasteiger partial charge in [0.2, 0.25) is 0 Å². The topological polar surface area (TPSA) is 59.2 Å². The fourth-order valence-corrected chi connectivity index (χ4v) is 2.88. The number of rotatable bonds is 6. The third kappa shape index (κ3) is 3.42. The number of hydrogen-bond donors (Lipinski definition) is 1. The van der Waals surface area contributed by atoms with E-state index in [-0.39, 0.29) is 5.97 Å². The van der Waals surface area contributed by atoms with Gasteiger partial charge >= 0.3 is 5.97 Å². The number of aldehydes is 1. The van der Waals surface area contributed by atoms with E-state index in [4.69, 9.17) is 4.74 Å². The van der Waals surface area contributed by atoms with Crippen molar-refractivity contribution in [1.82, 2.24) is 4.98 Å². The van der Waals surface area contributed by atoms with Gasteiger partial charge in [0.15, 0.2) is 0 Å². The van der Waals surface area contributed by atoms with Crippen LogP contribution >= 0.6 is 15.9 Å². The number of ether oxygens (including phenoxy) is 1. The molecule has 1 aromatic heterocycles. The lowest BCUT2D eigenvalue weighted by Gasteiger charge is -2.04. The van der Waals surface area contributed by atoms with Gasteiger partial charge in [-0.05, 0) is 43.5 Å². The summed E-state index contributed by atoms with van der Waals surface area (Å²) in [7, 11) is 0. The highest BCUT2D eigenvalue weighted by Gasteiger charge is 2.19. The van der Waals surface area contributed by atoms with Crippen LogP contribution < -0.4 is 0 Å². The van der Waals surface area contributed by atoms with E-state index in [0.717, 1.165) is 27.2 Å². The van der Waals surface area contributed by atoms with Crippen molar-refractivity contribution in [3.63, 3.8) is 0 Å². The molecule has 5 heteroatoms. The van der Waals surface area contributed by atoms with E-state index in [1.165, 1.54) is 6.08 Å². The summed E-state index contributed by atoms with van der Waals surface area (Å²) in [5.41, 5.74) is 2.28. The molecule has 0 fully saturated rings. The first-order chi connectivity index (χ1) is 10.2. The van der Waals surface area contributed by atoms with Crippen molar-refractivity contribution in [3.05, 3.63) is 46.1 Å². The fraction of sp³-hybridized carbons (Fsp3) is 0.250. The number of carbonyl (C=O) groups excluding carboxylic acids is 2. The Morgan fingerprint density at radius 1 is 1.43 bits per heavy atom. The van der Waals surface area contributed by atoms with E-state index in [9.17, 15) is 9.59 Å². The highest BCUT2D eigenvalue weighted by atomic mass is 79.9. The Morgan fingerprint density at radius 2 is 2.24 bits per heavy atom. The monoisotopic (exact) mass is 349 g/mol. The minimum atomic E-state index is -0.352. The third-order valence-electron chi connectivity index (χ3n) is 3.13. The Hall–Kier alpha value is -1.88. The van der Waals surface area contributed by atoms with Crippen LogP contribution in [-0.2, 0) is 16.0 Å². The van der Waals surface area contributed by atoms with Crippen molar-refractivity contribution in [3.8, 4) is 0 Å². The molecule has 0 saturated carbocycles. The number of benzene rings is 1. The zero-order valence-electron chi connectivity index (χ0n) is 11.7. The molecular weight excluding hydrogens is 334 g/mol. The SMILES string of the molecule is CCOC(=O)c1[nH]c2cccc(Br)c2c1CC/C=C\C=O. The van der Waals surface area contributed by atoms with Gasteiger partial charge in [-0.15, -0.1) is 0 Å². The van der Waals surface area contributed by atoms with Crippen molar-refractivity contribution in [2.24, 2.45) is 0 Å². The molecule has 110 valence electrons. The van der Waals surface area contributed by atoms with Crippen LogP contribution in [0.4, 0.5) is 0 Å². The van der Waals surface area contributed by atoms with Crippen molar-refractivity contribution in [2.75, 3.05) is 6.61 Å². The number of halogens is 1. The summed E-state index contributed by atoms with van der Waals surface area (Å²) >= 11 is 3.53. The van der Waals surface area contributed by atoms with Crippen molar-refractivity contribution < 1.29 is 14.3 Å². The maximum atomic E-state index is 12.1. The lowest BCUT2D eigenvalue weighted by atomic mass is 10.1. The Bertz CT molecular complexity index is 688. The number of esters is 1. The fourth-order valence-electron chi connectivity index (χ4n) is 2.28. The number of aromatic nitrogens is 1. The summed E-state index contributed by atoms with van der Waals surface area (Å²) in [5, 5.41) is 0.986. The normalized spacial score (nSPS) is 11.1. The Kier molecular flexibility index (Phi) is 5.33. The molecule has 21 heavy (non-hydrogen) atoms. The van der Waals surface area contributed by atoms with Gasteiger partial charge in [-0.1, -0.05) is 28.1 Å². The molecule has 2 rings (SSSR count). The van der Waals surface area contributed by atoms with E-state index < -0.39 is 0 Å². The standard InChI is InChI=1S/C16H16BrNO3/c1-2-21-16(20)15-11(7-4-3-5-10-19)14-12(17)8-6-9-13(14)18-15/h3,5-6,8-10,18H,2,4,7H2,1H3/b5-3-. The zero-order chi connectivity index (χ0) is 15.2. The highest BCUT2D eigenvalue weighted by Crippen LogP contribution is 2.31. The molecule has 0 radical (unpaired) electrons. The largest absolute Gasteiger partial charge is 0.461 e. The first kappa shape index (κ1) is 15.5. The number of hydrogen-bond acceptors (Lipinski definition) is 3. The molecule has 0 amide bonds. The van der Waals surface area contributed by atoms with Crippen molar-refractivity contribution >= 4 is 39.1 Å². The number of fused-ring (bicyclic) bond motifs is 1. The molecular formula is C16H16BrNO3. The van der Waals surface area contributed by atoms with Crippen LogP contribution in [0, 0.1) is 0 Å². The average molecular weight is 350 g/mol. The summed E-state index contributed by atoms with van der Waals surface area (Å²) in [6.07, 6.45) is 5.34. The molecule has 0 atom stereocenters. The molecule has 0 unspecified atom stereocenters. The first-order valence-corrected chi connectivity index (χ1v) is 7.54.